The fourth-order valence-electron chi connectivity index (χ4n) is 2.02. The molecule has 0 saturated carbocycles. The zero-order valence-electron chi connectivity index (χ0n) is 13.4. The first-order chi connectivity index (χ1) is 9.92. The third-order valence-electron chi connectivity index (χ3n) is 3.55. The Bertz CT molecular complexity index is 428. The van der Waals surface area contributed by atoms with Gasteiger partial charge in [-0.15, -0.1) is 0 Å². The van der Waals surface area contributed by atoms with E-state index in [1.807, 2.05) is 38.1 Å². The molecule has 1 amide bonds. The maximum Gasteiger partial charge on any atom is 0.222 e. The van der Waals surface area contributed by atoms with Crippen LogP contribution >= 0.6 is 0 Å². The van der Waals surface area contributed by atoms with Crippen LogP contribution < -0.4 is 10.1 Å². The summed E-state index contributed by atoms with van der Waals surface area (Å²) in [5.74, 6) is 1.21. The smallest absolute Gasteiger partial charge is 0.222 e. The standard InChI is InChI=1S/C17H27NO3/c1-12(2)16(19)10-17(20)18-11-13(3)9-14-5-7-15(21-4)8-6-14/h5-8,12-13,16,19H,9-11H2,1-4H3,(H,18,20). The van der Waals surface area contributed by atoms with Gasteiger partial charge in [0, 0.05) is 6.54 Å². The Morgan fingerprint density at radius 3 is 2.38 bits per heavy atom. The van der Waals surface area contributed by atoms with E-state index in [0.29, 0.717) is 12.5 Å². The number of hydrogen-bond donors (Lipinski definition) is 2. The highest BCUT2D eigenvalue weighted by atomic mass is 16.5. The van der Waals surface area contributed by atoms with E-state index in [9.17, 15) is 9.90 Å². The maximum atomic E-state index is 11.7. The van der Waals surface area contributed by atoms with Crippen molar-refractivity contribution in [3.8, 4) is 5.75 Å². The van der Waals surface area contributed by atoms with E-state index in [1.165, 1.54) is 5.56 Å². The van der Waals surface area contributed by atoms with Crippen molar-refractivity contribution < 1.29 is 14.6 Å². The second kappa shape index (κ2) is 8.67. The van der Waals surface area contributed by atoms with Gasteiger partial charge < -0.3 is 15.2 Å². The lowest BCUT2D eigenvalue weighted by atomic mass is 10.0. The van der Waals surface area contributed by atoms with E-state index in [2.05, 4.69) is 12.2 Å². The van der Waals surface area contributed by atoms with Crippen molar-refractivity contribution in [1.29, 1.82) is 0 Å². The van der Waals surface area contributed by atoms with Crippen molar-refractivity contribution >= 4 is 5.91 Å². The van der Waals surface area contributed by atoms with Crippen molar-refractivity contribution in [3.05, 3.63) is 29.8 Å². The van der Waals surface area contributed by atoms with Gasteiger partial charge in [-0.1, -0.05) is 32.9 Å². The number of ether oxygens (including phenoxy) is 1. The highest BCUT2D eigenvalue weighted by Crippen LogP contribution is 2.14. The molecule has 1 aromatic rings. The Kier molecular flexibility index (Phi) is 7.23. The number of rotatable bonds is 8. The SMILES string of the molecule is COc1ccc(CC(C)CNC(=O)CC(O)C(C)C)cc1. The summed E-state index contributed by atoms with van der Waals surface area (Å²) in [6.45, 7) is 6.54. The molecule has 4 heteroatoms. The van der Waals surface area contributed by atoms with Crippen LogP contribution in [0.1, 0.15) is 32.8 Å². The molecule has 0 aliphatic rings. The maximum absolute atomic E-state index is 11.7. The second-order valence-corrected chi connectivity index (χ2v) is 5.98. The van der Waals surface area contributed by atoms with Gasteiger partial charge in [-0.25, -0.2) is 0 Å². The van der Waals surface area contributed by atoms with Crippen LogP contribution in [0.15, 0.2) is 24.3 Å². The molecule has 0 heterocycles. The summed E-state index contributed by atoms with van der Waals surface area (Å²) in [6, 6.07) is 7.97. The number of aliphatic hydroxyl groups is 1. The topological polar surface area (TPSA) is 58.6 Å². The molecule has 4 nitrogen and oxygen atoms in total. The number of benzene rings is 1. The van der Waals surface area contributed by atoms with E-state index in [-0.39, 0.29) is 18.2 Å². The number of carbonyl (C=O) groups excluding carboxylic acids is 1. The van der Waals surface area contributed by atoms with E-state index in [0.717, 1.165) is 12.2 Å². The van der Waals surface area contributed by atoms with Gasteiger partial charge in [0.2, 0.25) is 5.91 Å². The van der Waals surface area contributed by atoms with Gasteiger partial charge in [0.25, 0.3) is 0 Å². The van der Waals surface area contributed by atoms with Gasteiger partial charge in [-0.3, -0.25) is 4.79 Å². The minimum atomic E-state index is -0.568. The summed E-state index contributed by atoms with van der Waals surface area (Å²) in [5.41, 5.74) is 1.22. The van der Waals surface area contributed by atoms with Crippen molar-refractivity contribution in [3.63, 3.8) is 0 Å². The summed E-state index contributed by atoms with van der Waals surface area (Å²) in [5, 5.41) is 12.6. The van der Waals surface area contributed by atoms with E-state index in [4.69, 9.17) is 4.74 Å². The predicted molar refractivity (Wildman–Crippen MR) is 84.3 cm³/mol. The Hall–Kier alpha value is -1.55. The van der Waals surface area contributed by atoms with Crippen LogP contribution in [-0.2, 0) is 11.2 Å². The summed E-state index contributed by atoms with van der Waals surface area (Å²) in [4.78, 5) is 11.7. The fourth-order valence-corrected chi connectivity index (χ4v) is 2.02. The Balaban J connectivity index is 2.33. The van der Waals surface area contributed by atoms with Gasteiger partial charge >= 0.3 is 0 Å². The third kappa shape index (κ3) is 6.63. The van der Waals surface area contributed by atoms with Crippen LogP contribution in [0.3, 0.4) is 0 Å². The quantitative estimate of drug-likeness (QED) is 0.774. The number of methoxy groups -OCH3 is 1. The monoisotopic (exact) mass is 293 g/mol. The van der Waals surface area contributed by atoms with Gasteiger partial charge in [-0.2, -0.15) is 0 Å². The minimum Gasteiger partial charge on any atom is -0.497 e. The van der Waals surface area contributed by atoms with E-state index >= 15 is 0 Å². The molecule has 2 N–H and O–H groups in total. The fraction of sp³-hybridized carbons (Fsp3) is 0.588. The summed E-state index contributed by atoms with van der Waals surface area (Å²) in [7, 11) is 1.65. The Morgan fingerprint density at radius 1 is 1.24 bits per heavy atom. The van der Waals surface area contributed by atoms with Crippen LogP contribution in [-0.4, -0.2) is 30.8 Å². The first-order valence-corrected chi connectivity index (χ1v) is 7.50. The number of carbonyl (C=O) groups is 1. The first-order valence-electron chi connectivity index (χ1n) is 7.50. The summed E-state index contributed by atoms with van der Waals surface area (Å²) in [6.07, 6.45) is 0.506. The Labute approximate surface area is 127 Å². The molecular formula is C17H27NO3. The molecule has 118 valence electrons. The number of aliphatic hydroxyl groups excluding tert-OH is 1. The normalized spacial score (nSPS) is 13.8. The third-order valence-corrected chi connectivity index (χ3v) is 3.55. The first kappa shape index (κ1) is 17.5. The highest BCUT2D eigenvalue weighted by molar-refractivity contribution is 5.76. The molecule has 21 heavy (non-hydrogen) atoms. The molecule has 0 aromatic heterocycles. The molecule has 2 unspecified atom stereocenters. The molecule has 2 atom stereocenters. The minimum absolute atomic E-state index is 0.0854. The molecular weight excluding hydrogens is 266 g/mol. The largest absolute Gasteiger partial charge is 0.497 e. The lowest BCUT2D eigenvalue weighted by molar-refractivity contribution is -0.123. The van der Waals surface area contributed by atoms with Crippen LogP contribution in [0.5, 0.6) is 5.75 Å². The van der Waals surface area contributed by atoms with E-state index < -0.39 is 6.10 Å². The zero-order chi connectivity index (χ0) is 15.8. The number of hydrogen-bond acceptors (Lipinski definition) is 3. The average molecular weight is 293 g/mol. The average Bonchev–Trinajstić information content (AvgIpc) is 2.45. The van der Waals surface area contributed by atoms with Gasteiger partial charge in [-0.05, 0) is 36.0 Å². The molecule has 1 rings (SSSR count). The molecule has 0 fully saturated rings. The summed E-state index contributed by atoms with van der Waals surface area (Å²) < 4.78 is 5.13. The second-order valence-electron chi connectivity index (χ2n) is 5.98. The van der Waals surface area contributed by atoms with Crippen LogP contribution in [0.4, 0.5) is 0 Å². The van der Waals surface area contributed by atoms with Gasteiger partial charge in [0.1, 0.15) is 5.75 Å². The zero-order valence-corrected chi connectivity index (χ0v) is 13.4. The molecule has 1 aromatic carbocycles. The van der Waals surface area contributed by atoms with Crippen molar-refractivity contribution in [1.82, 2.24) is 5.32 Å². The molecule has 0 aliphatic carbocycles. The van der Waals surface area contributed by atoms with Crippen LogP contribution in [0, 0.1) is 11.8 Å². The van der Waals surface area contributed by atoms with Crippen LogP contribution in [0.25, 0.3) is 0 Å². The molecule has 0 saturated heterocycles. The number of nitrogens with one attached hydrogen (secondary N) is 1. The molecule has 0 radical (unpaired) electrons. The molecule has 0 bridgehead atoms. The summed E-state index contributed by atoms with van der Waals surface area (Å²) >= 11 is 0. The molecule has 0 spiro atoms. The van der Waals surface area contributed by atoms with Crippen molar-refractivity contribution in [2.24, 2.45) is 11.8 Å². The van der Waals surface area contributed by atoms with E-state index in [1.54, 1.807) is 7.11 Å². The van der Waals surface area contributed by atoms with Crippen LogP contribution in [0.2, 0.25) is 0 Å². The lowest BCUT2D eigenvalue weighted by Crippen LogP contribution is -2.32. The highest BCUT2D eigenvalue weighted by Gasteiger charge is 2.14. The Morgan fingerprint density at radius 2 is 1.86 bits per heavy atom. The van der Waals surface area contributed by atoms with Crippen molar-refractivity contribution in [2.45, 2.75) is 39.7 Å². The predicted octanol–water partition coefficient (Wildman–Crippen LogP) is 2.40. The van der Waals surface area contributed by atoms with Crippen molar-refractivity contribution in [2.75, 3.05) is 13.7 Å². The van der Waals surface area contributed by atoms with Gasteiger partial charge in [0.15, 0.2) is 0 Å². The number of amides is 1. The molecule has 0 aliphatic heterocycles. The lowest BCUT2D eigenvalue weighted by Gasteiger charge is -2.16. The van der Waals surface area contributed by atoms with Gasteiger partial charge in [0.05, 0.1) is 19.6 Å².